The highest BCUT2D eigenvalue weighted by atomic mass is 35.5. The molecule has 4 nitrogen and oxygen atoms in total. The SMILES string of the molecule is Cc1cc(C)cc(-n2c(=O)c3sccc3n(Cc3cccc(Cl)c3)c2=O)c1. The zero-order valence-corrected chi connectivity index (χ0v) is 16.5. The van der Waals surface area contributed by atoms with Crippen LogP contribution in [0.5, 0.6) is 0 Å². The van der Waals surface area contributed by atoms with Crippen LogP contribution in [0.15, 0.2) is 63.5 Å². The van der Waals surface area contributed by atoms with Crippen LogP contribution in [0.3, 0.4) is 0 Å². The first-order chi connectivity index (χ1) is 12.9. The third-order valence-electron chi connectivity index (χ3n) is 4.45. The van der Waals surface area contributed by atoms with Gasteiger partial charge in [0.15, 0.2) is 0 Å². The van der Waals surface area contributed by atoms with E-state index in [2.05, 4.69) is 0 Å². The van der Waals surface area contributed by atoms with Gasteiger partial charge in [-0.05, 0) is 66.2 Å². The summed E-state index contributed by atoms with van der Waals surface area (Å²) >= 11 is 7.44. The van der Waals surface area contributed by atoms with Crippen molar-refractivity contribution in [3.8, 4) is 5.69 Å². The number of benzene rings is 2. The molecule has 136 valence electrons. The highest BCUT2D eigenvalue weighted by molar-refractivity contribution is 7.17. The molecule has 4 aromatic rings. The van der Waals surface area contributed by atoms with E-state index in [-0.39, 0.29) is 11.2 Å². The minimum absolute atomic E-state index is 0.280. The van der Waals surface area contributed by atoms with Gasteiger partial charge in [0.1, 0.15) is 4.70 Å². The fourth-order valence-electron chi connectivity index (χ4n) is 3.37. The Balaban J connectivity index is 2.01. The predicted molar refractivity (Wildman–Crippen MR) is 112 cm³/mol. The molecule has 0 saturated carbocycles. The minimum Gasteiger partial charge on any atom is -0.288 e. The summed E-state index contributed by atoms with van der Waals surface area (Å²) in [5, 5.41) is 2.45. The number of nitrogens with zero attached hydrogens (tertiary/aromatic N) is 2. The van der Waals surface area contributed by atoms with Gasteiger partial charge in [-0.15, -0.1) is 11.3 Å². The van der Waals surface area contributed by atoms with Crippen molar-refractivity contribution < 1.29 is 0 Å². The summed E-state index contributed by atoms with van der Waals surface area (Å²) in [5.41, 5.74) is 3.53. The molecule has 0 saturated heterocycles. The Morgan fingerprint density at radius 1 is 1.00 bits per heavy atom. The highest BCUT2D eigenvalue weighted by Gasteiger charge is 2.16. The number of rotatable bonds is 3. The zero-order chi connectivity index (χ0) is 19.1. The lowest BCUT2D eigenvalue weighted by atomic mass is 10.1. The van der Waals surface area contributed by atoms with Gasteiger partial charge in [-0.2, -0.15) is 0 Å². The van der Waals surface area contributed by atoms with Crippen LogP contribution >= 0.6 is 22.9 Å². The molecule has 0 unspecified atom stereocenters. The topological polar surface area (TPSA) is 44.0 Å². The Morgan fingerprint density at radius 2 is 1.74 bits per heavy atom. The summed E-state index contributed by atoms with van der Waals surface area (Å²) in [6, 6.07) is 15.0. The molecule has 0 fully saturated rings. The Kier molecular flexibility index (Phi) is 4.50. The second-order valence-corrected chi connectivity index (χ2v) is 7.97. The van der Waals surface area contributed by atoms with Gasteiger partial charge < -0.3 is 0 Å². The maximum absolute atomic E-state index is 13.3. The number of thiophene rings is 1. The molecule has 0 bridgehead atoms. The number of halogens is 1. The second kappa shape index (κ2) is 6.83. The Morgan fingerprint density at radius 3 is 2.44 bits per heavy atom. The van der Waals surface area contributed by atoms with Gasteiger partial charge in [0.05, 0.1) is 17.7 Å². The molecule has 2 heterocycles. The highest BCUT2D eigenvalue weighted by Crippen LogP contribution is 2.19. The molecule has 0 aliphatic carbocycles. The molecule has 6 heteroatoms. The van der Waals surface area contributed by atoms with Gasteiger partial charge in [0.25, 0.3) is 5.56 Å². The average Bonchev–Trinajstić information content (AvgIpc) is 3.08. The number of aryl methyl sites for hydroxylation is 2. The molecule has 0 aliphatic rings. The van der Waals surface area contributed by atoms with Crippen LogP contribution in [0.1, 0.15) is 16.7 Å². The summed E-state index contributed by atoms with van der Waals surface area (Å²) in [6.07, 6.45) is 0. The summed E-state index contributed by atoms with van der Waals surface area (Å²) in [7, 11) is 0. The van der Waals surface area contributed by atoms with Crippen LogP contribution in [0.4, 0.5) is 0 Å². The number of fused-ring (bicyclic) bond motifs is 1. The van der Waals surface area contributed by atoms with E-state index in [0.717, 1.165) is 16.7 Å². The first-order valence-electron chi connectivity index (χ1n) is 8.50. The molecule has 27 heavy (non-hydrogen) atoms. The maximum Gasteiger partial charge on any atom is 0.336 e. The van der Waals surface area contributed by atoms with Crippen molar-refractivity contribution in [3.05, 3.63) is 96.5 Å². The molecular formula is C21H17ClN2O2S. The van der Waals surface area contributed by atoms with E-state index in [4.69, 9.17) is 11.6 Å². The van der Waals surface area contributed by atoms with Crippen molar-refractivity contribution in [3.63, 3.8) is 0 Å². The van der Waals surface area contributed by atoms with Crippen LogP contribution in [0.2, 0.25) is 5.02 Å². The van der Waals surface area contributed by atoms with E-state index < -0.39 is 0 Å². The summed E-state index contributed by atoms with van der Waals surface area (Å²) < 4.78 is 3.47. The van der Waals surface area contributed by atoms with Crippen LogP contribution in [-0.4, -0.2) is 9.13 Å². The lowest BCUT2D eigenvalue weighted by Gasteiger charge is -2.13. The number of hydrogen-bond donors (Lipinski definition) is 0. The van der Waals surface area contributed by atoms with E-state index >= 15 is 0 Å². The van der Waals surface area contributed by atoms with Gasteiger partial charge in [0.2, 0.25) is 0 Å². The molecule has 2 aromatic carbocycles. The van der Waals surface area contributed by atoms with Crippen LogP contribution in [0, 0.1) is 13.8 Å². The largest absolute Gasteiger partial charge is 0.336 e. The lowest BCUT2D eigenvalue weighted by Crippen LogP contribution is -2.38. The van der Waals surface area contributed by atoms with Crippen molar-refractivity contribution in [1.29, 1.82) is 0 Å². The summed E-state index contributed by atoms with van der Waals surface area (Å²) in [5.74, 6) is 0. The molecule has 0 atom stereocenters. The fourth-order valence-corrected chi connectivity index (χ4v) is 4.40. The van der Waals surface area contributed by atoms with E-state index in [1.807, 2.05) is 61.7 Å². The predicted octanol–water partition coefficient (Wildman–Crippen LogP) is 4.53. The van der Waals surface area contributed by atoms with Crippen LogP contribution in [0.25, 0.3) is 15.9 Å². The van der Waals surface area contributed by atoms with Gasteiger partial charge in [-0.1, -0.05) is 29.8 Å². The summed E-state index contributed by atoms with van der Waals surface area (Å²) in [4.78, 5) is 26.3. The Labute approximate surface area is 164 Å². The number of aromatic nitrogens is 2. The molecular weight excluding hydrogens is 380 g/mol. The Hall–Kier alpha value is -2.63. The van der Waals surface area contributed by atoms with Gasteiger partial charge in [-0.25, -0.2) is 9.36 Å². The Bertz CT molecular complexity index is 1260. The standard InChI is InChI=1S/C21H17ClN2O2S/c1-13-8-14(2)10-17(9-13)24-20(25)19-18(6-7-27-19)23(21(24)26)12-15-4-3-5-16(22)11-15/h3-11H,12H2,1-2H3. The van der Waals surface area contributed by atoms with Crippen molar-refractivity contribution >= 4 is 33.2 Å². The van der Waals surface area contributed by atoms with Crippen molar-refractivity contribution in [2.45, 2.75) is 20.4 Å². The molecule has 0 radical (unpaired) electrons. The monoisotopic (exact) mass is 396 g/mol. The van der Waals surface area contributed by atoms with E-state index in [0.29, 0.717) is 27.5 Å². The molecule has 0 spiro atoms. The smallest absolute Gasteiger partial charge is 0.288 e. The lowest BCUT2D eigenvalue weighted by molar-refractivity contribution is 0.716. The molecule has 4 rings (SSSR count). The second-order valence-electron chi connectivity index (χ2n) is 6.62. The van der Waals surface area contributed by atoms with Crippen molar-refractivity contribution in [1.82, 2.24) is 9.13 Å². The first kappa shape index (κ1) is 17.8. The zero-order valence-electron chi connectivity index (χ0n) is 14.9. The van der Waals surface area contributed by atoms with Gasteiger partial charge in [-0.3, -0.25) is 9.36 Å². The minimum atomic E-state index is -0.351. The number of hydrogen-bond acceptors (Lipinski definition) is 3. The fraction of sp³-hybridized carbons (Fsp3) is 0.143. The third-order valence-corrected chi connectivity index (χ3v) is 5.58. The molecule has 2 aromatic heterocycles. The molecule has 0 N–H and O–H groups in total. The van der Waals surface area contributed by atoms with Gasteiger partial charge >= 0.3 is 5.69 Å². The van der Waals surface area contributed by atoms with Crippen LogP contribution in [-0.2, 0) is 6.54 Å². The average molecular weight is 397 g/mol. The third kappa shape index (κ3) is 3.24. The van der Waals surface area contributed by atoms with E-state index in [9.17, 15) is 9.59 Å². The maximum atomic E-state index is 13.3. The van der Waals surface area contributed by atoms with Crippen molar-refractivity contribution in [2.24, 2.45) is 0 Å². The van der Waals surface area contributed by atoms with Crippen molar-refractivity contribution in [2.75, 3.05) is 0 Å². The van der Waals surface area contributed by atoms with E-state index in [1.165, 1.54) is 15.9 Å². The normalized spacial score (nSPS) is 11.2. The quantitative estimate of drug-likeness (QED) is 0.510. The molecule has 0 amide bonds. The first-order valence-corrected chi connectivity index (χ1v) is 9.76. The summed E-state index contributed by atoms with van der Waals surface area (Å²) in [6.45, 7) is 4.25. The van der Waals surface area contributed by atoms with Gasteiger partial charge in [0, 0.05) is 5.02 Å². The molecule has 0 aliphatic heterocycles. The van der Waals surface area contributed by atoms with Crippen LogP contribution < -0.4 is 11.2 Å². The van der Waals surface area contributed by atoms with E-state index in [1.54, 1.807) is 10.6 Å².